The monoisotopic (exact) mass is 249 g/mol. The second kappa shape index (κ2) is 7.88. The van der Waals surface area contributed by atoms with Crippen LogP contribution in [-0.4, -0.2) is 19.1 Å². The maximum absolute atomic E-state index is 11.4. The number of aryl methyl sites for hydroxylation is 1. The van der Waals surface area contributed by atoms with E-state index >= 15 is 0 Å². The highest BCUT2D eigenvalue weighted by molar-refractivity contribution is 5.71. The van der Waals surface area contributed by atoms with E-state index < -0.39 is 0 Å². The maximum atomic E-state index is 11.4. The van der Waals surface area contributed by atoms with E-state index in [-0.39, 0.29) is 18.6 Å². The summed E-state index contributed by atoms with van der Waals surface area (Å²) in [4.78, 5) is 11.4. The summed E-state index contributed by atoms with van der Waals surface area (Å²) in [6.07, 6.45) is 1.97. The highest BCUT2D eigenvalue weighted by atomic mass is 16.5. The van der Waals surface area contributed by atoms with E-state index in [2.05, 4.69) is 43.4 Å². The van der Waals surface area contributed by atoms with Gasteiger partial charge in [-0.25, -0.2) is 0 Å². The first-order valence-corrected chi connectivity index (χ1v) is 6.59. The predicted molar refractivity (Wildman–Crippen MR) is 73.5 cm³/mol. The number of unbranched alkanes of at least 4 members (excludes halogenated alkanes) is 1. The summed E-state index contributed by atoms with van der Waals surface area (Å²) in [7, 11) is 0. The molecule has 18 heavy (non-hydrogen) atoms. The van der Waals surface area contributed by atoms with Crippen molar-refractivity contribution in [2.24, 2.45) is 0 Å². The van der Waals surface area contributed by atoms with Crippen LogP contribution in [0.5, 0.6) is 0 Å². The Labute approximate surface area is 110 Å². The zero-order valence-corrected chi connectivity index (χ0v) is 11.5. The summed E-state index contributed by atoms with van der Waals surface area (Å²) in [6, 6.07) is 8.47. The third-order valence-corrected chi connectivity index (χ3v) is 2.89. The first kappa shape index (κ1) is 14.7. The van der Waals surface area contributed by atoms with Crippen molar-refractivity contribution in [2.75, 3.05) is 13.2 Å². The molecule has 1 rings (SSSR count). The lowest BCUT2D eigenvalue weighted by molar-refractivity contribution is -0.142. The molecule has 1 atom stereocenters. The number of rotatable bonds is 7. The fourth-order valence-corrected chi connectivity index (χ4v) is 1.59. The molecule has 1 aromatic rings. The van der Waals surface area contributed by atoms with E-state index in [0.717, 1.165) is 12.8 Å². The minimum Gasteiger partial charge on any atom is -0.465 e. The van der Waals surface area contributed by atoms with Crippen LogP contribution in [0.3, 0.4) is 0 Å². The Hall–Kier alpha value is -1.35. The Kier molecular flexibility index (Phi) is 6.44. The molecule has 3 heteroatoms. The van der Waals surface area contributed by atoms with Crippen LogP contribution in [-0.2, 0) is 9.53 Å². The first-order chi connectivity index (χ1) is 8.63. The minimum absolute atomic E-state index is 0.157. The van der Waals surface area contributed by atoms with Gasteiger partial charge in [0.05, 0.1) is 13.2 Å². The number of benzene rings is 1. The number of esters is 1. The molecule has 0 aliphatic rings. The Morgan fingerprint density at radius 3 is 2.61 bits per heavy atom. The van der Waals surface area contributed by atoms with Crippen LogP contribution in [0.25, 0.3) is 0 Å². The average molecular weight is 249 g/mol. The zero-order valence-electron chi connectivity index (χ0n) is 11.5. The minimum atomic E-state index is -0.178. The molecule has 0 aliphatic carbocycles. The van der Waals surface area contributed by atoms with Gasteiger partial charge in [0.1, 0.15) is 0 Å². The molecule has 0 amide bonds. The van der Waals surface area contributed by atoms with Gasteiger partial charge in [-0.2, -0.15) is 0 Å². The smallest absolute Gasteiger partial charge is 0.319 e. The maximum Gasteiger partial charge on any atom is 0.319 e. The third kappa shape index (κ3) is 5.32. The van der Waals surface area contributed by atoms with E-state index in [1.165, 1.54) is 11.1 Å². The highest BCUT2D eigenvalue weighted by Gasteiger charge is 2.08. The van der Waals surface area contributed by atoms with Crippen molar-refractivity contribution in [2.45, 2.75) is 39.7 Å². The molecular formula is C15H23NO2. The molecule has 0 aliphatic heterocycles. The Morgan fingerprint density at radius 2 is 2.00 bits per heavy atom. The van der Waals surface area contributed by atoms with Crippen molar-refractivity contribution in [3.8, 4) is 0 Å². The van der Waals surface area contributed by atoms with Crippen molar-refractivity contribution in [1.82, 2.24) is 5.32 Å². The SMILES string of the molecule is CCCCOC(=O)CN[C@@H](C)c1ccc(C)cc1. The summed E-state index contributed by atoms with van der Waals surface area (Å²) in [5.41, 5.74) is 2.42. The number of carbonyl (C=O) groups is 1. The lowest BCUT2D eigenvalue weighted by atomic mass is 10.1. The predicted octanol–water partition coefficient (Wildman–Crippen LogP) is 2.99. The van der Waals surface area contributed by atoms with Gasteiger partial charge < -0.3 is 10.1 Å². The van der Waals surface area contributed by atoms with Crippen LogP contribution in [0, 0.1) is 6.92 Å². The summed E-state index contributed by atoms with van der Waals surface area (Å²) in [6.45, 7) is 6.97. The van der Waals surface area contributed by atoms with Crippen LogP contribution < -0.4 is 5.32 Å². The molecule has 0 aromatic heterocycles. The Morgan fingerprint density at radius 1 is 1.33 bits per heavy atom. The average Bonchev–Trinajstić information content (AvgIpc) is 2.37. The molecule has 1 N–H and O–H groups in total. The molecule has 1 aromatic carbocycles. The van der Waals surface area contributed by atoms with Crippen molar-refractivity contribution >= 4 is 5.97 Å². The van der Waals surface area contributed by atoms with Gasteiger partial charge in [0, 0.05) is 6.04 Å². The molecular weight excluding hydrogens is 226 g/mol. The van der Waals surface area contributed by atoms with Gasteiger partial charge in [0.2, 0.25) is 0 Å². The quantitative estimate of drug-likeness (QED) is 0.596. The van der Waals surface area contributed by atoms with Gasteiger partial charge in [0.15, 0.2) is 0 Å². The van der Waals surface area contributed by atoms with Crippen molar-refractivity contribution < 1.29 is 9.53 Å². The third-order valence-electron chi connectivity index (χ3n) is 2.89. The van der Waals surface area contributed by atoms with Crippen LogP contribution in [0.15, 0.2) is 24.3 Å². The Bertz CT molecular complexity index is 359. The van der Waals surface area contributed by atoms with Gasteiger partial charge in [0.25, 0.3) is 0 Å². The second-order valence-corrected chi connectivity index (χ2v) is 4.59. The number of carbonyl (C=O) groups excluding carboxylic acids is 1. The molecule has 0 saturated carbocycles. The highest BCUT2D eigenvalue weighted by Crippen LogP contribution is 2.12. The fraction of sp³-hybridized carbons (Fsp3) is 0.533. The normalized spacial score (nSPS) is 12.2. The first-order valence-electron chi connectivity index (χ1n) is 6.59. The van der Waals surface area contributed by atoms with Crippen LogP contribution in [0.2, 0.25) is 0 Å². The van der Waals surface area contributed by atoms with E-state index in [1.54, 1.807) is 0 Å². The number of hydrogen-bond acceptors (Lipinski definition) is 3. The summed E-state index contributed by atoms with van der Waals surface area (Å²) in [5, 5.41) is 3.17. The lowest BCUT2D eigenvalue weighted by Gasteiger charge is -2.14. The molecule has 100 valence electrons. The van der Waals surface area contributed by atoms with Gasteiger partial charge >= 0.3 is 5.97 Å². The number of nitrogens with one attached hydrogen (secondary N) is 1. The van der Waals surface area contributed by atoms with Gasteiger partial charge in [-0.3, -0.25) is 4.79 Å². The van der Waals surface area contributed by atoms with E-state index in [0.29, 0.717) is 6.61 Å². The topological polar surface area (TPSA) is 38.3 Å². The standard InChI is InChI=1S/C15H23NO2/c1-4-5-10-18-15(17)11-16-13(3)14-8-6-12(2)7-9-14/h6-9,13,16H,4-5,10-11H2,1-3H3/t13-/m0/s1. The summed E-state index contributed by atoms with van der Waals surface area (Å²) >= 11 is 0. The van der Waals surface area contributed by atoms with Crippen molar-refractivity contribution in [1.29, 1.82) is 0 Å². The zero-order chi connectivity index (χ0) is 13.4. The largest absolute Gasteiger partial charge is 0.465 e. The number of ether oxygens (including phenoxy) is 1. The van der Waals surface area contributed by atoms with Gasteiger partial charge in [-0.05, 0) is 25.8 Å². The van der Waals surface area contributed by atoms with Gasteiger partial charge in [-0.1, -0.05) is 43.2 Å². The molecule has 3 nitrogen and oxygen atoms in total. The van der Waals surface area contributed by atoms with E-state index in [1.807, 2.05) is 6.92 Å². The molecule has 0 fully saturated rings. The lowest BCUT2D eigenvalue weighted by Crippen LogP contribution is -2.27. The molecule has 0 unspecified atom stereocenters. The molecule has 0 spiro atoms. The number of hydrogen-bond donors (Lipinski definition) is 1. The van der Waals surface area contributed by atoms with Crippen LogP contribution >= 0.6 is 0 Å². The summed E-state index contributed by atoms with van der Waals surface area (Å²) in [5.74, 6) is -0.178. The van der Waals surface area contributed by atoms with E-state index in [9.17, 15) is 4.79 Å². The fourth-order valence-electron chi connectivity index (χ4n) is 1.59. The van der Waals surface area contributed by atoms with Crippen LogP contribution in [0.1, 0.15) is 43.9 Å². The molecule has 0 bridgehead atoms. The molecule has 0 saturated heterocycles. The molecule has 0 radical (unpaired) electrons. The van der Waals surface area contributed by atoms with Crippen molar-refractivity contribution in [3.05, 3.63) is 35.4 Å². The summed E-state index contributed by atoms with van der Waals surface area (Å²) < 4.78 is 5.09. The van der Waals surface area contributed by atoms with Crippen molar-refractivity contribution in [3.63, 3.8) is 0 Å². The van der Waals surface area contributed by atoms with Crippen LogP contribution in [0.4, 0.5) is 0 Å². The Balaban J connectivity index is 2.30. The van der Waals surface area contributed by atoms with E-state index in [4.69, 9.17) is 4.74 Å². The van der Waals surface area contributed by atoms with Gasteiger partial charge in [-0.15, -0.1) is 0 Å². The second-order valence-electron chi connectivity index (χ2n) is 4.59. The molecule has 0 heterocycles.